The average molecular weight is 328 g/mol. The van der Waals surface area contributed by atoms with Crippen LogP contribution < -0.4 is 10.5 Å². The standard InChI is InChI=1S/C17H20N4O3/c1-11(22)21-8-4-5-12(10-21)24-16-9-14(19-20-17(16)18)13-6-2-3-7-15(13)23/h2-3,6-7,9,12,23H,4-5,8,10H2,1H3,(H2,18,20). The summed E-state index contributed by atoms with van der Waals surface area (Å²) in [5.41, 5.74) is 6.92. The molecule has 1 aliphatic heterocycles. The third-order valence-corrected chi connectivity index (χ3v) is 4.08. The number of ether oxygens (including phenoxy) is 1. The summed E-state index contributed by atoms with van der Waals surface area (Å²) in [6, 6.07) is 8.54. The number of piperidine rings is 1. The summed E-state index contributed by atoms with van der Waals surface area (Å²) in [4.78, 5) is 13.3. The fraction of sp³-hybridized carbons (Fsp3) is 0.353. The molecule has 1 aromatic carbocycles. The number of aromatic nitrogens is 2. The number of anilines is 1. The van der Waals surface area contributed by atoms with E-state index < -0.39 is 0 Å². The van der Waals surface area contributed by atoms with E-state index in [9.17, 15) is 9.90 Å². The van der Waals surface area contributed by atoms with Gasteiger partial charge in [0.2, 0.25) is 5.91 Å². The number of carbonyl (C=O) groups excluding carboxylic acids is 1. The Morgan fingerprint density at radius 3 is 2.92 bits per heavy atom. The van der Waals surface area contributed by atoms with Crippen LogP contribution in [0.1, 0.15) is 19.8 Å². The quantitative estimate of drug-likeness (QED) is 0.891. The molecular formula is C17H20N4O3. The van der Waals surface area contributed by atoms with Gasteiger partial charge in [0.05, 0.1) is 6.54 Å². The van der Waals surface area contributed by atoms with E-state index in [2.05, 4.69) is 10.2 Å². The second-order valence-electron chi connectivity index (χ2n) is 5.84. The predicted molar refractivity (Wildman–Crippen MR) is 89.4 cm³/mol. The predicted octanol–water partition coefficient (Wildman–Crippen LogP) is 1.82. The van der Waals surface area contributed by atoms with E-state index in [0.29, 0.717) is 23.6 Å². The van der Waals surface area contributed by atoms with Crippen molar-refractivity contribution in [3.63, 3.8) is 0 Å². The Balaban J connectivity index is 1.82. The van der Waals surface area contributed by atoms with Gasteiger partial charge in [-0.3, -0.25) is 4.79 Å². The van der Waals surface area contributed by atoms with Gasteiger partial charge in [0.25, 0.3) is 0 Å². The maximum atomic E-state index is 11.5. The number of para-hydroxylation sites is 1. The number of likely N-dealkylation sites (tertiary alicyclic amines) is 1. The number of phenolic OH excluding ortho intramolecular Hbond substituents is 1. The van der Waals surface area contributed by atoms with Crippen LogP contribution in [-0.4, -0.2) is 45.3 Å². The number of phenols is 1. The second kappa shape index (κ2) is 6.74. The molecule has 3 N–H and O–H groups in total. The number of benzene rings is 1. The van der Waals surface area contributed by atoms with E-state index in [1.165, 1.54) is 0 Å². The second-order valence-corrected chi connectivity index (χ2v) is 5.84. The highest BCUT2D eigenvalue weighted by Crippen LogP contribution is 2.31. The minimum Gasteiger partial charge on any atom is -0.507 e. The minimum absolute atomic E-state index is 0.0408. The number of amides is 1. The van der Waals surface area contributed by atoms with Crippen molar-refractivity contribution in [3.05, 3.63) is 30.3 Å². The van der Waals surface area contributed by atoms with Crippen molar-refractivity contribution >= 4 is 11.7 Å². The summed E-state index contributed by atoms with van der Waals surface area (Å²) in [5, 5.41) is 17.9. The average Bonchev–Trinajstić information content (AvgIpc) is 2.58. The van der Waals surface area contributed by atoms with Crippen LogP contribution in [0.3, 0.4) is 0 Å². The minimum atomic E-state index is -0.133. The number of hydrogen-bond acceptors (Lipinski definition) is 6. The van der Waals surface area contributed by atoms with Crippen LogP contribution in [0.15, 0.2) is 30.3 Å². The Kier molecular flexibility index (Phi) is 4.50. The zero-order chi connectivity index (χ0) is 17.1. The van der Waals surface area contributed by atoms with Gasteiger partial charge >= 0.3 is 0 Å². The zero-order valence-electron chi connectivity index (χ0n) is 13.5. The van der Waals surface area contributed by atoms with E-state index in [-0.39, 0.29) is 23.6 Å². The van der Waals surface area contributed by atoms with Crippen LogP contribution in [0.2, 0.25) is 0 Å². The fourth-order valence-corrected chi connectivity index (χ4v) is 2.80. The molecule has 0 bridgehead atoms. The summed E-state index contributed by atoms with van der Waals surface area (Å²) >= 11 is 0. The number of nitrogens with zero attached hydrogens (tertiary/aromatic N) is 3. The molecule has 1 aliphatic rings. The molecule has 7 heteroatoms. The molecule has 0 aliphatic carbocycles. The lowest BCUT2D eigenvalue weighted by Crippen LogP contribution is -2.43. The van der Waals surface area contributed by atoms with Crippen molar-refractivity contribution in [2.45, 2.75) is 25.9 Å². The van der Waals surface area contributed by atoms with Gasteiger partial charge in [-0.1, -0.05) is 12.1 Å². The molecule has 0 saturated carbocycles. The van der Waals surface area contributed by atoms with Gasteiger partial charge in [-0.2, -0.15) is 0 Å². The van der Waals surface area contributed by atoms with Crippen LogP contribution in [0.5, 0.6) is 11.5 Å². The topological polar surface area (TPSA) is 102 Å². The Hall–Kier alpha value is -2.83. The van der Waals surface area contributed by atoms with Gasteiger partial charge in [0.1, 0.15) is 17.5 Å². The Bertz CT molecular complexity index is 750. The SMILES string of the molecule is CC(=O)N1CCCC(Oc2cc(-c3ccccc3O)nnc2N)C1. The molecule has 1 aromatic heterocycles. The van der Waals surface area contributed by atoms with Crippen LogP contribution in [0.25, 0.3) is 11.3 Å². The molecule has 1 saturated heterocycles. The Morgan fingerprint density at radius 1 is 1.38 bits per heavy atom. The van der Waals surface area contributed by atoms with Crippen LogP contribution in [0, 0.1) is 0 Å². The third kappa shape index (κ3) is 3.40. The van der Waals surface area contributed by atoms with Crippen LogP contribution in [-0.2, 0) is 4.79 Å². The highest BCUT2D eigenvalue weighted by atomic mass is 16.5. The fourth-order valence-electron chi connectivity index (χ4n) is 2.80. The maximum absolute atomic E-state index is 11.5. The number of nitrogens with two attached hydrogens (primary N) is 1. The van der Waals surface area contributed by atoms with E-state index >= 15 is 0 Å². The summed E-state index contributed by atoms with van der Waals surface area (Å²) in [6.07, 6.45) is 1.60. The van der Waals surface area contributed by atoms with E-state index in [4.69, 9.17) is 10.5 Å². The molecule has 1 fully saturated rings. The first-order valence-electron chi connectivity index (χ1n) is 7.88. The highest BCUT2D eigenvalue weighted by molar-refractivity contribution is 5.73. The zero-order valence-corrected chi connectivity index (χ0v) is 13.5. The molecule has 2 aromatic rings. The van der Waals surface area contributed by atoms with Gasteiger partial charge in [-0.25, -0.2) is 0 Å². The molecular weight excluding hydrogens is 308 g/mol. The summed E-state index contributed by atoms with van der Waals surface area (Å²) in [6.45, 7) is 2.84. The van der Waals surface area contributed by atoms with Crippen molar-refractivity contribution in [3.8, 4) is 22.8 Å². The summed E-state index contributed by atoms with van der Waals surface area (Å²) < 4.78 is 5.97. The maximum Gasteiger partial charge on any atom is 0.219 e. The molecule has 1 atom stereocenters. The van der Waals surface area contributed by atoms with E-state index in [1.54, 1.807) is 42.2 Å². The molecule has 7 nitrogen and oxygen atoms in total. The number of hydrogen-bond donors (Lipinski definition) is 2. The molecule has 1 amide bonds. The molecule has 126 valence electrons. The largest absolute Gasteiger partial charge is 0.507 e. The first-order valence-corrected chi connectivity index (χ1v) is 7.88. The summed E-state index contributed by atoms with van der Waals surface area (Å²) in [7, 11) is 0. The Morgan fingerprint density at radius 2 is 2.17 bits per heavy atom. The van der Waals surface area contributed by atoms with Crippen molar-refractivity contribution in [2.75, 3.05) is 18.8 Å². The highest BCUT2D eigenvalue weighted by Gasteiger charge is 2.24. The Labute approximate surface area is 140 Å². The lowest BCUT2D eigenvalue weighted by molar-refractivity contribution is -0.131. The molecule has 1 unspecified atom stereocenters. The van der Waals surface area contributed by atoms with Crippen molar-refractivity contribution in [1.82, 2.24) is 15.1 Å². The van der Waals surface area contributed by atoms with E-state index in [0.717, 1.165) is 19.4 Å². The van der Waals surface area contributed by atoms with Gasteiger partial charge in [-0.15, -0.1) is 10.2 Å². The molecule has 24 heavy (non-hydrogen) atoms. The third-order valence-electron chi connectivity index (χ3n) is 4.08. The molecule has 3 rings (SSSR count). The van der Waals surface area contributed by atoms with E-state index in [1.807, 2.05) is 0 Å². The normalized spacial score (nSPS) is 17.5. The number of carbonyl (C=O) groups is 1. The molecule has 2 heterocycles. The van der Waals surface area contributed by atoms with Crippen molar-refractivity contribution < 1.29 is 14.6 Å². The lowest BCUT2D eigenvalue weighted by atomic mass is 10.1. The smallest absolute Gasteiger partial charge is 0.219 e. The van der Waals surface area contributed by atoms with Crippen LogP contribution >= 0.6 is 0 Å². The summed E-state index contributed by atoms with van der Waals surface area (Å²) in [5.74, 6) is 0.759. The number of nitrogen functional groups attached to an aromatic ring is 1. The lowest BCUT2D eigenvalue weighted by Gasteiger charge is -2.32. The first kappa shape index (κ1) is 16.0. The monoisotopic (exact) mass is 328 g/mol. The van der Waals surface area contributed by atoms with Crippen molar-refractivity contribution in [1.29, 1.82) is 0 Å². The van der Waals surface area contributed by atoms with Gasteiger partial charge in [0.15, 0.2) is 11.6 Å². The number of aromatic hydroxyl groups is 1. The first-order chi connectivity index (χ1) is 11.5. The number of rotatable bonds is 3. The molecule has 0 spiro atoms. The molecule has 0 radical (unpaired) electrons. The van der Waals surface area contributed by atoms with Gasteiger partial charge < -0.3 is 20.5 Å². The van der Waals surface area contributed by atoms with Gasteiger partial charge in [-0.05, 0) is 25.0 Å². The van der Waals surface area contributed by atoms with Crippen molar-refractivity contribution in [2.24, 2.45) is 0 Å². The van der Waals surface area contributed by atoms with Crippen LogP contribution in [0.4, 0.5) is 5.82 Å². The van der Waals surface area contributed by atoms with Gasteiger partial charge in [0, 0.05) is 25.1 Å².